The largest absolute Gasteiger partial charge is 0.494 e. The Bertz CT molecular complexity index is 335. The maximum atomic E-state index is 11.6. The van der Waals surface area contributed by atoms with Gasteiger partial charge in [-0.3, -0.25) is 4.79 Å². The third-order valence-electron chi connectivity index (χ3n) is 2.08. The number of carbonyl (C=O) groups is 1. The molecule has 0 fully saturated rings. The lowest BCUT2D eigenvalue weighted by Crippen LogP contribution is -2.34. The van der Waals surface area contributed by atoms with Crippen LogP contribution in [0.3, 0.4) is 0 Å². The zero-order valence-electron chi connectivity index (χ0n) is 9.56. The molecule has 0 spiro atoms. The number of aliphatic hydroxyl groups is 1. The predicted molar refractivity (Wildman–Crippen MR) is 61.6 cm³/mol. The van der Waals surface area contributed by atoms with Gasteiger partial charge >= 0.3 is 0 Å². The highest BCUT2D eigenvalue weighted by Gasteiger charge is 2.08. The van der Waals surface area contributed by atoms with Gasteiger partial charge in [0.15, 0.2) is 0 Å². The fourth-order valence-electron chi connectivity index (χ4n) is 1.22. The van der Waals surface area contributed by atoms with Crippen LogP contribution in [0.4, 0.5) is 0 Å². The molecule has 4 nitrogen and oxygen atoms in total. The van der Waals surface area contributed by atoms with Gasteiger partial charge in [0.1, 0.15) is 5.75 Å². The van der Waals surface area contributed by atoms with Gasteiger partial charge in [-0.25, -0.2) is 0 Å². The van der Waals surface area contributed by atoms with E-state index < -0.39 is 0 Å². The van der Waals surface area contributed by atoms with Gasteiger partial charge in [0, 0.05) is 11.6 Å². The number of hydrogen-bond donors (Lipinski definition) is 2. The van der Waals surface area contributed by atoms with E-state index in [0.29, 0.717) is 12.2 Å². The number of aliphatic hydroxyl groups excluding tert-OH is 1. The van der Waals surface area contributed by atoms with Gasteiger partial charge in [0.25, 0.3) is 5.91 Å². The van der Waals surface area contributed by atoms with E-state index in [1.54, 1.807) is 31.2 Å². The fraction of sp³-hybridized carbons (Fsp3) is 0.417. The summed E-state index contributed by atoms with van der Waals surface area (Å²) in [6, 6.07) is 6.66. The minimum atomic E-state index is -0.237. The first-order valence-electron chi connectivity index (χ1n) is 5.32. The molecule has 16 heavy (non-hydrogen) atoms. The molecule has 0 aliphatic heterocycles. The molecule has 0 aliphatic carbocycles. The second kappa shape index (κ2) is 6.12. The van der Waals surface area contributed by atoms with E-state index in [4.69, 9.17) is 9.84 Å². The summed E-state index contributed by atoms with van der Waals surface area (Å²) in [5.74, 6) is 0.554. The van der Waals surface area contributed by atoms with Crippen LogP contribution in [0, 0.1) is 0 Å². The Morgan fingerprint density at radius 1 is 1.44 bits per heavy atom. The average Bonchev–Trinajstić information content (AvgIpc) is 2.30. The highest BCUT2D eigenvalue weighted by atomic mass is 16.5. The molecule has 0 heterocycles. The predicted octanol–water partition coefficient (Wildman–Crippen LogP) is 1.20. The molecule has 0 saturated carbocycles. The van der Waals surface area contributed by atoms with E-state index in [0.717, 1.165) is 5.75 Å². The molecule has 1 atom stereocenters. The Kier molecular flexibility index (Phi) is 4.79. The Labute approximate surface area is 95.2 Å². The first-order valence-corrected chi connectivity index (χ1v) is 5.32. The Hall–Kier alpha value is -1.55. The number of rotatable bonds is 5. The van der Waals surface area contributed by atoms with Crippen molar-refractivity contribution < 1.29 is 14.6 Å². The van der Waals surface area contributed by atoms with Gasteiger partial charge in [0.05, 0.1) is 13.2 Å². The van der Waals surface area contributed by atoms with Crippen LogP contribution in [0.2, 0.25) is 0 Å². The van der Waals surface area contributed by atoms with Crippen molar-refractivity contribution in [1.82, 2.24) is 5.32 Å². The van der Waals surface area contributed by atoms with E-state index in [1.165, 1.54) is 0 Å². The summed E-state index contributed by atoms with van der Waals surface area (Å²) in [4.78, 5) is 11.6. The third-order valence-corrected chi connectivity index (χ3v) is 2.08. The second-order valence-corrected chi connectivity index (χ2v) is 3.51. The maximum Gasteiger partial charge on any atom is 0.251 e. The molecule has 1 aromatic rings. The Balaban J connectivity index is 2.63. The monoisotopic (exact) mass is 223 g/mol. The van der Waals surface area contributed by atoms with Crippen molar-refractivity contribution in [3.05, 3.63) is 29.8 Å². The molecule has 1 aromatic carbocycles. The van der Waals surface area contributed by atoms with E-state index in [1.807, 2.05) is 6.92 Å². The number of amides is 1. The van der Waals surface area contributed by atoms with Crippen molar-refractivity contribution >= 4 is 5.91 Å². The zero-order chi connectivity index (χ0) is 12.0. The molecule has 88 valence electrons. The topological polar surface area (TPSA) is 58.6 Å². The Morgan fingerprint density at radius 2 is 2.06 bits per heavy atom. The minimum Gasteiger partial charge on any atom is -0.494 e. The van der Waals surface area contributed by atoms with Crippen LogP contribution in [0.1, 0.15) is 24.2 Å². The van der Waals surface area contributed by atoms with E-state index in [2.05, 4.69) is 5.32 Å². The summed E-state index contributed by atoms with van der Waals surface area (Å²) < 4.78 is 5.27. The van der Waals surface area contributed by atoms with E-state index in [-0.39, 0.29) is 18.6 Å². The van der Waals surface area contributed by atoms with Crippen molar-refractivity contribution in [3.8, 4) is 5.75 Å². The van der Waals surface area contributed by atoms with Crippen molar-refractivity contribution in [2.24, 2.45) is 0 Å². The van der Waals surface area contributed by atoms with Crippen LogP contribution in [-0.2, 0) is 0 Å². The lowest BCUT2D eigenvalue weighted by atomic mass is 10.2. The number of carbonyl (C=O) groups excluding carboxylic acids is 1. The standard InChI is InChI=1S/C12H17NO3/c1-3-16-11-6-4-10(5-7-11)12(15)13-9(2)8-14/h4-7,9,14H,3,8H2,1-2H3,(H,13,15)/t9-/m0/s1. The zero-order valence-corrected chi connectivity index (χ0v) is 9.56. The highest BCUT2D eigenvalue weighted by Crippen LogP contribution is 2.11. The summed E-state index contributed by atoms with van der Waals surface area (Å²) >= 11 is 0. The van der Waals surface area contributed by atoms with Crippen LogP contribution in [-0.4, -0.2) is 30.3 Å². The van der Waals surface area contributed by atoms with Crippen LogP contribution in [0.15, 0.2) is 24.3 Å². The van der Waals surface area contributed by atoms with Crippen molar-refractivity contribution in [2.75, 3.05) is 13.2 Å². The number of ether oxygens (including phenoxy) is 1. The molecule has 2 N–H and O–H groups in total. The third kappa shape index (κ3) is 3.55. The first-order chi connectivity index (χ1) is 7.67. The molecule has 0 unspecified atom stereocenters. The molecule has 0 aromatic heterocycles. The molecule has 0 bridgehead atoms. The first kappa shape index (κ1) is 12.5. The normalized spacial score (nSPS) is 11.9. The molecule has 0 radical (unpaired) electrons. The Morgan fingerprint density at radius 3 is 2.56 bits per heavy atom. The van der Waals surface area contributed by atoms with Crippen molar-refractivity contribution in [2.45, 2.75) is 19.9 Å². The smallest absolute Gasteiger partial charge is 0.251 e. The molecule has 1 amide bonds. The average molecular weight is 223 g/mol. The van der Waals surface area contributed by atoms with Gasteiger partial charge < -0.3 is 15.2 Å². The van der Waals surface area contributed by atoms with Crippen LogP contribution in [0.5, 0.6) is 5.75 Å². The van der Waals surface area contributed by atoms with Gasteiger partial charge in [-0.05, 0) is 38.1 Å². The minimum absolute atomic E-state index is 0.0667. The maximum absolute atomic E-state index is 11.6. The molecular weight excluding hydrogens is 206 g/mol. The summed E-state index contributed by atoms with van der Waals surface area (Å²) in [6.07, 6.45) is 0. The fourth-order valence-corrected chi connectivity index (χ4v) is 1.22. The van der Waals surface area contributed by atoms with Crippen molar-refractivity contribution in [3.63, 3.8) is 0 Å². The summed E-state index contributed by atoms with van der Waals surface area (Å²) in [5, 5.41) is 11.5. The lowest BCUT2D eigenvalue weighted by molar-refractivity contribution is 0.0922. The quantitative estimate of drug-likeness (QED) is 0.788. The van der Waals surface area contributed by atoms with Crippen LogP contribution >= 0.6 is 0 Å². The number of benzene rings is 1. The SMILES string of the molecule is CCOc1ccc(C(=O)N[C@@H](C)CO)cc1. The highest BCUT2D eigenvalue weighted by molar-refractivity contribution is 5.94. The van der Waals surface area contributed by atoms with Crippen molar-refractivity contribution in [1.29, 1.82) is 0 Å². The van der Waals surface area contributed by atoms with E-state index in [9.17, 15) is 4.79 Å². The van der Waals surface area contributed by atoms with Gasteiger partial charge in [-0.2, -0.15) is 0 Å². The van der Waals surface area contributed by atoms with Crippen LogP contribution in [0.25, 0.3) is 0 Å². The number of nitrogens with one attached hydrogen (secondary N) is 1. The molecular formula is C12H17NO3. The molecule has 0 saturated heterocycles. The van der Waals surface area contributed by atoms with Gasteiger partial charge in [0.2, 0.25) is 0 Å². The number of hydrogen-bond acceptors (Lipinski definition) is 3. The molecule has 4 heteroatoms. The summed E-state index contributed by atoms with van der Waals surface area (Å²) in [5.41, 5.74) is 0.559. The second-order valence-electron chi connectivity index (χ2n) is 3.51. The van der Waals surface area contributed by atoms with Gasteiger partial charge in [-0.1, -0.05) is 0 Å². The van der Waals surface area contributed by atoms with E-state index >= 15 is 0 Å². The molecule has 0 aliphatic rings. The van der Waals surface area contributed by atoms with Crippen LogP contribution < -0.4 is 10.1 Å². The summed E-state index contributed by atoms with van der Waals surface area (Å²) in [6.45, 7) is 4.19. The molecule has 1 rings (SSSR count). The van der Waals surface area contributed by atoms with Gasteiger partial charge in [-0.15, -0.1) is 0 Å². The summed E-state index contributed by atoms with van der Waals surface area (Å²) in [7, 11) is 0. The lowest BCUT2D eigenvalue weighted by Gasteiger charge is -2.11.